The Bertz CT molecular complexity index is 571. The van der Waals surface area contributed by atoms with Crippen LogP contribution in [0.3, 0.4) is 0 Å². The Hall–Kier alpha value is -1.27. The molecule has 1 unspecified atom stereocenters. The third-order valence-corrected chi connectivity index (χ3v) is 5.36. The fourth-order valence-electron chi connectivity index (χ4n) is 2.36. The minimum Gasteiger partial charge on any atom is -0.490 e. The Morgan fingerprint density at radius 2 is 1.95 bits per heavy atom. The second-order valence-corrected chi connectivity index (χ2v) is 7.25. The molecule has 1 aliphatic rings. The Balaban J connectivity index is 2.22. The van der Waals surface area contributed by atoms with Gasteiger partial charge in [-0.1, -0.05) is 13.3 Å². The molecular formula is C15H23NO4S. The summed E-state index contributed by atoms with van der Waals surface area (Å²) < 4.78 is 36.1. The third kappa shape index (κ3) is 4.11. The van der Waals surface area contributed by atoms with E-state index in [2.05, 4.69) is 5.32 Å². The van der Waals surface area contributed by atoms with Crippen LogP contribution in [-0.4, -0.2) is 40.5 Å². The molecule has 0 amide bonds. The van der Waals surface area contributed by atoms with Crippen LogP contribution in [0, 0.1) is 0 Å². The lowest BCUT2D eigenvalue weighted by Gasteiger charge is -2.16. The largest absolute Gasteiger partial charge is 0.490 e. The van der Waals surface area contributed by atoms with Gasteiger partial charge in [0.15, 0.2) is 21.3 Å². The second kappa shape index (κ2) is 7.13. The molecular weight excluding hydrogens is 290 g/mol. The van der Waals surface area contributed by atoms with E-state index in [4.69, 9.17) is 9.47 Å². The quantitative estimate of drug-likeness (QED) is 0.870. The smallest absolute Gasteiger partial charge is 0.180 e. The standard InChI is InChI=1S/C15H23NO4S/c1-3-5-12(16-2)11-21(17,18)13-6-7-14-15(10-13)20-9-4-8-19-14/h6-7,10,12,16H,3-5,8-9,11H2,1-2H3. The summed E-state index contributed by atoms with van der Waals surface area (Å²) in [5.74, 6) is 1.23. The zero-order valence-electron chi connectivity index (χ0n) is 12.6. The molecule has 2 rings (SSSR count). The van der Waals surface area contributed by atoms with Crippen molar-refractivity contribution >= 4 is 9.84 Å². The number of hydrogen-bond acceptors (Lipinski definition) is 5. The van der Waals surface area contributed by atoms with Crippen LogP contribution in [-0.2, 0) is 9.84 Å². The van der Waals surface area contributed by atoms with Crippen molar-refractivity contribution in [1.29, 1.82) is 0 Å². The highest BCUT2D eigenvalue weighted by atomic mass is 32.2. The van der Waals surface area contributed by atoms with Crippen LogP contribution < -0.4 is 14.8 Å². The van der Waals surface area contributed by atoms with E-state index in [1.807, 2.05) is 6.92 Å². The predicted molar refractivity (Wildman–Crippen MR) is 81.9 cm³/mol. The van der Waals surface area contributed by atoms with Crippen molar-refractivity contribution in [3.63, 3.8) is 0 Å². The van der Waals surface area contributed by atoms with Crippen molar-refractivity contribution in [3.05, 3.63) is 18.2 Å². The number of hydrogen-bond donors (Lipinski definition) is 1. The minimum atomic E-state index is -3.34. The number of benzene rings is 1. The molecule has 0 radical (unpaired) electrons. The highest BCUT2D eigenvalue weighted by Crippen LogP contribution is 2.32. The van der Waals surface area contributed by atoms with E-state index in [9.17, 15) is 8.42 Å². The molecule has 21 heavy (non-hydrogen) atoms. The van der Waals surface area contributed by atoms with E-state index in [0.717, 1.165) is 19.3 Å². The molecule has 1 aromatic rings. The van der Waals surface area contributed by atoms with Gasteiger partial charge in [0.2, 0.25) is 0 Å². The van der Waals surface area contributed by atoms with Gasteiger partial charge in [-0.25, -0.2) is 8.42 Å². The molecule has 0 aliphatic carbocycles. The maximum atomic E-state index is 12.5. The summed E-state index contributed by atoms with van der Waals surface area (Å²) in [5, 5.41) is 3.07. The minimum absolute atomic E-state index is 0.0315. The van der Waals surface area contributed by atoms with Crippen molar-refractivity contribution in [2.45, 2.75) is 37.1 Å². The monoisotopic (exact) mass is 313 g/mol. The maximum Gasteiger partial charge on any atom is 0.180 e. The second-order valence-electron chi connectivity index (χ2n) is 5.21. The topological polar surface area (TPSA) is 64.6 Å². The molecule has 5 nitrogen and oxygen atoms in total. The molecule has 0 aromatic heterocycles. The van der Waals surface area contributed by atoms with Gasteiger partial charge in [-0.15, -0.1) is 0 Å². The van der Waals surface area contributed by atoms with Gasteiger partial charge in [-0.3, -0.25) is 0 Å². The normalized spacial score (nSPS) is 16.3. The summed E-state index contributed by atoms with van der Waals surface area (Å²) in [6, 6.07) is 4.83. The Kier molecular flexibility index (Phi) is 5.47. The zero-order chi connectivity index (χ0) is 15.3. The van der Waals surface area contributed by atoms with E-state index in [1.54, 1.807) is 25.2 Å². The lowest BCUT2D eigenvalue weighted by Crippen LogP contribution is -2.32. The van der Waals surface area contributed by atoms with Gasteiger partial charge in [-0.2, -0.15) is 0 Å². The van der Waals surface area contributed by atoms with Crippen LogP contribution in [0.5, 0.6) is 11.5 Å². The average molecular weight is 313 g/mol. The molecule has 0 saturated carbocycles. The molecule has 0 bridgehead atoms. The number of nitrogens with one attached hydrogen (secondary N) is 1. The van der Waals surface area contributed by atoms with Gasteiger partial charge >= 0.3 is 0 Å². The summed E-state index contributed by atoms with van der Waals surface area (Å²) >= 11 is 0. The zero-order valence-corrected chi connectivity index (χ0v) is 13.4. The van der Waals surface area contributed by atoms with E-state index >= 15 is 0 Å². The molecule has 0 saturated heterocycles. The van der Waals surface area contributed by atoms with Gasteiger partial charge in [0.25, 0.3) is 0 Å². The van der Waals surface area contributed by atoms with Crippen LogP contribution in [0.1, 0.15) is 26.2 Å². The first-order chi connectivity index (χ1) is 10.1. The molecule has 0 fully saturated rings. The van der Waals surface area contributed by atoms with Gasteiger partial charge in [-0.05, 0) is 25.6 Å². The molecule has 6 heteroatoms. The SMILES string of the molecule is CCCC(CS(=O)(=O)c1ccc2c(c1)OCCCO2)NC. The number of sulfone groups is 1. The van der Waals surface area contributed by atoms with Crippen molar-refractivity contribution in [3.8, 4) is 11.5 Å². The van der Waals surface area contributed by atoms with Crippen LogP contribution in [0.4, 0.5) is 0 Å². The van der Waals surface area contributed by atoms with Crippen LogP contribution in [0.15, 0.2) is 23.1 Å². The number of ether oxygens (including phenoxy) is 2. The maximum absolute atomic E-state index is 12.5. The molecule has 1 aliphatic heterocycles. The summed E-state index contributed by atoms with van der Waals surface area (Å²) in [4.78, 5) is 0.295. The van der Waals surface area contributed by atoms with Crippen molar-refractivity contribution in [2.75, 3.05) is 26.0 Å². The van der Waals surface area contributed by atoms with Crippen molar-refractivity contribution in [2.24, 2.45) is 0 Å². The summed E-state index contributed by atoms with van der Waals surface area (Å²) in [5.41, 5.74) is 0. The summed E-state index contributed by atoms with van der Waals surface area (Å²) in [7, 11) is -1.54. The van der Waals surface area contributed by atoms with E-state index in [0.29, 0.717) is 29.6 Å². The van der Waals surface area contributed by atoms with Gasteiger partial charge < -0.3 is 14.8 Å². The summed E-state index contributed by atoms with van der Waals surface area (Å²) in [6.45, 7) is 3.19. The fraction of sp³-hybridized carbons (Fsp3) is 0.600. The predicted octanol–water partition coefficient (Wildman–Crippen LogP) is 2.01. The van der Waals surface area contributed by atoms with Crippen LogP contribution >= 0.6 is 0 Å². The first-order valence-corrected chi connectivity index (χ1v) is 9.01. The van der Waals surface area contributed by atoms with Gasteiger partial charge in [0.05, 0.1) is 23.9 Å². The van der Waals surface area contributed by atoms with Gasteiger partial charge in [0, 0.05) is 18.5 Å². The first-order valence-electron chi connectivity index (χ1n) is 7.36. The van der Waals surface area contributed by atoms with Gasteiger partial charge in [0.1, 0.15) is 0 Å². The Labute approximate surface area is 126 Å². The highest BCUT2D eigenvalue weighted by molar-refractivity contribution is 7.91. The van der Waals surface area contributed by atoms with E-state index < -0.39 is 9.84 Å². The molecule has 1 heterocycles. The summed E-state index contributed by atoms with van der Waals surface area (Å²) in [6.07, 6.45) is 2.58. The number of rotatable bonds is 6. The van der Waals surface area contributed by atoms with E-state index in [1.165, 1.54) is 0 Å². The lowest BCUT2D eigenvalue weighted by molar-refractivity contribution is 0.297. The van der Waals surface area contributed by atoms with Crippen molar-refractivity contribution in [1.82, 2.24) is 5.32 Å². The van der Waals surface area contributed by atoms with Crippen LogP contribution in [0.2, 0.25) is 0 Å². The molecule has 1 N–H and O–H groups in total. The van der Waals surface area contributed by atoms with Crippen molar-refractivity contribution < 1.29 is 17.9 Å². The van der Waals surface area contributed by atoms with E-state index in [-0.39, 0.29) is 11.8 Å². The Morgan fingerprint density at radius 1 is 1.24 bits per heavy atom. The highest BCUT2D eigenvalue weighted by Gasteiger charge is 2.22. The average Bonchev–Trinajstić information content (AvgIpc) is 2.71. The molecule has 1 aromatic carbocycles. The first kappa shape index (κ1) is 16.1. The number of fused-ring (bicyclic) bond motifs is 1. The molecule has 1 atom stereocenters. The third-order valence-electron chi connectivity index (χ3n) is 3.54. The fourth-order valence-corrected chi connectivity index (χ4v) is 3.98. The lowest BCUT2D eigenvalue weighted by atomic mass is 10.2. The van der Waals surface area contributed by atoms with Crippen LogP contribution in [0.25, 0.3) is 0 Å². The molecule has 0 spiro atoms. The Morgan fingerprint density at radius 3 is 2.62 bits per heavy atom. The molecule has 118 valence electrons.